The van der Waals surface area contributed by atoms with Gasteiger partial charge in [0.15, 0.2) is 0 Å². The predicted molar refractivity (Wildman–Crippen MR) is 86.9 cm³/mol. The minimum Gasteiger partial charge on any atom is -0.205 e. The zero-order valence-electron chi connectivity index (χ0n) is 13.7. The molecule has 0 aromatic heterocycles. The lowest BCUT2D eigenvalue weighted by Gasteiger charge is -2.32. The Balaban J connectivity index is 1.74. The number of allylic oxidation sites excluding steroid dienone is 2. The van der Waals surface area contributed by atoms with Crippen LogP contribution in [0, 0.1) is 34.8 Å². The molecule has 3 heteroatoms. The second-order valence-corrected chi connectivity index (χ2v) is 6.96. The van der Waals surface area contributed by atoms with Crippen LogP contribution in [-0.4, -0.2) is 0 Å². The number of hydrogen-bond acceptors (Lipinski definition) is 1. The van der Waals surface area contributed by atoms with Gasteiger partial charge < -0.3 is 0 Å². The van der Waals surface area contributed by atoms with Gasteiger partial charge in [0.1, 0.15) is 23.3 Å². The fourth-order valence-electron chi connectivity index (χ4n) is 4.26. The number of fused-ring (bicyclic) bond motifs is 1. The van der Waals surface area contributed by atoms with Crippen molar-refractivity contribution in [2.75, 3.05) is 0 Å². The molecule has 2 aliphatic carbocycles. The molecule has 0 heterocycles. The van der Waals surface area contributed by atoms with Crippen molar-refractivity contribution in [2.24, 2.45) is 11.8 Å². The smallest absolute Gasteiger partial charge is 0.147 e. The Morgan fingerprint density at radius 2 is 1.96 bits per heavy atom. The van der Waals surface area contributed by atoms with Crippen LogP contribution in [-0.2, 0) is 12.8 Å². The monoisotopic (exact) mass is 315 g/mol. The van der Waals surface area contributed by atoms with Crippen LogP contribution in [0.3, 0.4) is 0 Å². The Kier molecular flexibility index (Phi) is 4.80. The van der Waals surface area contributed by atoms with E-state index in [1.165, 1.54) is 50.2 Å². The van der Waals surface area contributed by atoms with Crippen molar-refractivity contribution in [1.82, 2.24) is 0 Å². The van der Waals surface area contributed by atoms with Crippen LogP contribution in [0.5, 0.6) is 0 Å². The van der Waals surface area contributed by atoms with Gasteiger partial charge in [0.2, 0.25) is 0 Å². The zero-order valence-corrected chi connectivity index (χ0v) is 13.7. The first-order chi connectivity index (χ1) is 11.1. The molecule has 0 atom stereocenters. The van der Waals surface area contributed by atoms with Crippen LogP contribution in [0.4, 0.5) is 8.78 Å². The number of hydrogen-bond donors (Lipinski definition) is 0. The largest absolute Gasteiger partial charge is 0.205 e. The Hall–Kier alpha value is -1.69. The molecule has 3 rings (SSSR count). The summed E-state index contributed by atoms with van der Waals surface area (Å²) in [6, 6.07) is 3.00. The van der Waals surface area contributed by atoms with Gasteiger partial charge >= 0.3 is 0 Å². The van der Waals surface area contributed by atoms with E-state index < -0.39 is 17.2 Å². The third kappa shape index (κ3) is 3.17. The van der Waals surface area contributed by atoms with Gasteiger partial charge in [0.05, 0.1) is 0 Å². The molecule has 0 saturated heterocycles. The average Bonchev–Trinajstić information content (AvgIpc) is 2.56. The van der Waals surface area contributed by atoms with E-state index in [9.17, 15) is 8.78 Å². The van der Waals surface area contributed by atoms with Gasteiger partial charge in [-0.2, -0.15) is 5.26 Å². The van der Waals surface area contributed by atoms with E-state index in [2.05, 4.69) is 13.0 Å². The molecule has 23 heavy (non-hydrogen) atoms. The third-order valence-electron chi connectivity index (χ3n) is 5.55. The number of nitrogens with zero attached hydrogens (tertiary/aromatic N) is 1. The predicted octanol–water partition coefficient (Wildman–Crippen LogP) is 5.47. The van der Waals surface area contributed by atoms with Gasteiger partial charge in [-0.25, -0.2) is 8.78 Å². The lowest BCUT2D eigenvalue weighted by molar-refractivity contribution is 0.283. The SMILES string of the molecule is CCCC1CCC(C2=CCc3c(cc(F)c(C#N)c3F)C2)CC1. The van der Waals surface area contributed by atoms with Crippen molar-refractivity contribution >= 4 is 0 Å². The van der Waals surface area contributed by atoms with Gasteiger partial charge in [-0.05, 0) is 67.6 Å². The summed E-state index contributed by atoms with van der Waals surface area (Å²) in [6.07, 6.45) is 10.8. The van der Waals surface area contributed by atoms with E-state index in [1.54, 1.807) is 6.07 Å². The summed E-state index contributed by atoms with van der Waals surface area (Å²) < 4.78 is 28.1. The second kappa shape index (κ2) is 6.83. The standard InChI is InChI=1S/C20H23F2N/c1-2-3-13-4-6-14(7-5-13)15-8-9-17-16(10-15)11-19(21)18(12-23)20(17)22/h8,11,13-14H,2-7,9-10H2,1H3. The summed E-state index contributed by atoms with van der Waals surface area (Å²) in [6.45, 7) is 2.24. The van der Waals surface area contributed by atoms with E-state index in [0.717, 1.165) is 11.5 Å². The van der Waals surface area contributed by atoms with Crippen molar-refractivity contribution < 1.29 is 8.78 Å². The molecule has 1 fully saturated rings. The second-order valence-electron chi connectivity index (χ2n) is 6.96. The van der Waals surface area contributed by atoms with Crippen LogP contribution in [0.25, 0.3) is 0 Å². The molecule has 1 saturated carbocycles. The molecule has 0 bridgehead atoms. The quantitative estimate of drug-likeness (QED) is 0.679. The molecular weight excluding hydrogens is 292 g/mol. The fourth-order valence-corrected chi connectivity index (χ4v) is 4.26. The third-order valence-corrected chi connectivity index (χ3v) is 5.55. The molecule has 0 radical (unpaired) electrons. The number of benzene rings is 1. The fraction of sp³-hybridized carbons (Fsp3) is 0.550. The summed E-state index contributed by atoms with van der Waals surface area (Å²) in [5, 5.41) is 8.88. The molecule has 2 aliphatic rings. The minimum absolute atomic E-state index is 0.444. The first kappa shape index (κ1) is 16.2. The first-order valence-electron chi connectivity index (χ1n) is 8.72. The minimum atomic E-state index is -0.725. The number of halogens is 2. The Bertz CT molecular complexity index is 661. The van der Waals surface area contributed by atoms with Crippen LogP contribution < -0.4 is 0 Å². The van der Waals surface area contributed by atoms with Crippen molar-refractivity contribution in [3.05, 3.63) is 46.0 Å². The summed E-state index contributed by atoms with van der Waals surface area (Å²) >= 11 is 0. The highest BCUT2D eigenvalue weighted by Gasteiger charge is 2.27. The number of nitriles is 1. The van der Waals surface area contributed by atoms with Gasteiger partial charge in [-0.15, -0.1) is 0 Å². The summed E-state index contributed by atoms with van der Waals surface area (Å²) in [7, 11) is 0. The molecule has 0 spiro atoms. The summed E-state index contributed by atoms with van der Waals surface area (Å²) in [5.74, 6) is 0.0416. The molecule has 0 amide bonds. The number of rotatable bonds is 3. The first-order valence-corrected chi connectivity index (χ1v) is 8.72. The van der Waals surface area contributed by atoms with Crippen LogP contribution in [0.2, 0.25) is 0 Å². The maximum absolute atomic E-state index is 14.2. The van der Waals surface area contributed by atoms with Crippen molar-refractivity contribution in [2.45, 2.75) is 58.3 Å². The molecule has 1 nitrogen and oxygen atoms in total. The highest BCUT2D eigenvalue weighted by Crippen LogP contribution is 2.39. The molecule has 0 N–H and O–H groups in total. The maximum Gasteiger partial charge on any atom is 0.147 e. The topological polar surface area (TPSA) is 23.8 Å². The Morgan fingerprint density at radius 3 is 2.61 bits per heavy atom. The highest BCUT2D eigenvalue weighted by molar-refractivity contribution is 5.46. The highest BCUT2D eigenvalue weighted by atomic mass is 19.1. The molecule has 0 unspecified atom stereocenters. The lowest BCUT2D eigenvalue weighted by Crippen LogP contribution is -2.20. The van der Waals surface area contributed by atoms with E-state index in [0.29, 0.717) is 24.3 Å². The van der Waals surface area contributed by atoms with Crippen LogP contribution >= 0.6 is 0 Å². The van der Waals surface area contributed by atoms with Crippen LogP contribution in [0.15, 0.2) is 17.7 Å². The molecular formula is C20H23F2N. The maximum atomic E-state index is 14.2. The molecule has 0 aliphatic heterocycles. The van der Waals surface area contributed by atoms with Gasteiger partial charge in [0, 0.05) is 0 Å². The normalized spacial score (nSPS) is 23.8. The van der Waals surface area contributed by atoms with Crippen molar-refractivity contribution in [3.63, 3.8) is 0 Å². The Morgan fingerprint density at radius 1 is 1.22 bits per heavy atom. The van der Waals surface area contributed by atoms with E-state index in [-0.39, 0.29) is 0 Å². The van der Waals surface area contributed by atoms with Gasteiger partial charge in [-0.1, -0.05) is 31.4 Å². The van der Waals surface area contributed by atoms with E-state index in [4.69, 9.17) is 5.26 Å². The van der Waals surface area contributed by atoms with Crippen molar-refractivity contribution in [1.29, 1.82) is 5.26 Å². The van der Waals surface area contributed by atoms with Crippen LogP contribution in [0.1, 0.15) is 62.1 Å². The Labute approximate surface area is 137 Å². The summed E-state index contributed by atoms with van der Waals surface area (Å²) in [5.41, 5.74) is 2.13. The van der Waals surface area contributed by atoms with E-state index in [1.807, 2.05) is 0 Å². The average molecular weight is 315 g/mol. The van der Waals surface area contributed by atoms with Gasteiger partial charge in [-0.3, -0.25) is 0 Å². The summed E-state index contributed by atoms with van der Waals surface area (Å²) in [4.78, 5) is 0. The zero-order chi connectivity index (χ0) is 16.4. The van der Waals surface area contributed by atoms with Crippen molar-refractivity contribution in [3.8, 4) is 6.07 Å². The lowest BCUT2D eigenvalue weighted by atomic mass is 9.74. The molecule has 1 aromatic rings. The van der Waals surface area contributed by atoms with E-state index >= 15 is 0 Å². The molecule has 122 valence electrons. The van der Waals surface area contributed by atoms with Gasteiger partial charge in [0.25, 0.3) is 0 Å². The molecule has 1 aromatic carbocycles.